The smallest absolute Gasteiger partial charge is 0.209 e. The van der Waals surface area contributed by atoms with Crippen LogP contribution in [0, 0.1) is 5.92 Å². The predicted octanol–water partition coefficient (Wildman–Crippen LogP) is 3.14. The summed E-state index contributed by atoms with van der Waals surface area (Å²) >= 11 is 3.53. The van der Waals surface area contributed by atoms with E-state index in [2.05, 4.69) is 40.8 Å². The van der Waals surface area contributed by atoms with E-state index in [1.54, 1.807) is 20.4 Å². The summed E-state index contributed by atoms with van der Waals surface area (Å²) in [5, 5.41) is 0. The molecule has 2 aromatic rings. The molecule has 24 heavy (non-hydrogen) atoms. The second-order valence-electron chi connectivity index (χ2n) is 6.05. The lowest BCUT2D eigenvalue weighted by atomic mass is 10.0. The molecule has 3 heterocycles. The first-order valence-corrected chi connectivity index (χ1v) is 8.68. The number of aliphatic imine (C=N–C) groups is 2. The van der Waals surface area contributed by atoms with Gasteiger partial charge in [-0.1, -0.05) is 13.8 Å². The molecule has 0 fully saturated rings. The molecule has 3 rings (SSSR count). The Labute approximate surface area is 149 Å². The molecule has 0 radical (unpaired) electrons. The second kappa shape index (κ2) is 6.93. The van der Waals surface area contributed by atoms with Gasteiger partial charge in [-0.25, -0.2) is 15.0 Å². The summed E-state index contributed by atoms with van der Waals surface area (Å²) in [5.74, 6) is 1.60. The van der Waals surface area contributed by atoms with Crippen LogP contribution >= 0.6 is 15.9 Å². The highest BCUT2D eigenvalue weighted by Crippen LogP contribution is 2.22. The Morgan fingerprint density at radius 1 is 1.17 bits per heavy atom. The van der Waals surface area contributed by atoms with E-state index in [-0.39, 0.29) is 12.1 Å². The van der Waals surface area contributed by atoms with E-state index in [0.717, 1.165) is 15.8 Å². The molecule has 2 atom stereocenters. The highest BCUT2D eigenvalue weighted by molar-refractivity contribution is 9.10. The fourth-order valence-corrected chi connectivity index (χ4v) is 3.32. The summed E-state index contributed by atoms with van der Waals surface area (Å²) in [6, 6.07) is 3.76. The lowest BCUT2D eigenvalue weighted by Crippen LogP contribution is -2.38. The third kappa shape index (κ3) is 3.05. The maximum Gasteiger partial charge on any atom is 0.209 e. The van der Waals surface area contributed by atoms with Crippen molar-refractivity contribution in [1.82, 2.24) is 9.38 Å². The summed E-state index contributed by atoms with van der Waals surface area (Å²) in [4.78, 5) is 13.8. The third-order valence-corrected chi connectivity index (χ3v) is 4.74. The van der Waals surface area contributed by atoms with Crippen LogP contribution in [0.2, 0.25) is 0 Å². The molecule has 0 unspecified atom stereocenters. The van der Waals surface area contributed by atoms with Crippen LogP contribution in [0.15, 0.2) is 39.0 Å². The first kappa shape index (κ1) is 17.0. The molecule has 0 N–H and O–H groups in total. The van der Waals surface area contributed by atoms with Crippen LogP contribution in [0.5, 0.6) is 0 Å². The minimum Gasteiger partial charge on any atom is -0.483 e. The SMILES string of the molecule is COC1=N[C@H](C(C)C)C(OC)=N[C@H]1Cc1ccc(Br)c2nccn12. The molecule has 0 aromatic carbocycles. The lowest BCUT2D eigenvalue weighted by Gasteiger charge is -2.27. The largest absolute Gasteiger partial charge is 0.483 e. The normalized spacial score (nSPS) is 20.9. The predicted molar refractivity (Wildman–Crippen MR) is 97.9 cm³/mol. The van der Waals surface area contributed by atoms with Crippen molar-refractivity contribution in [3.63, 3.8) is 0 Å². The molecule has 0 amide bonds. The second-order valence-corrected chi connectivity index (χ2v) is 6.90. The van der Waals surface area contributed by atoms with Gasteiger partial charge in [0.25, 0.3) is 0 Å². The monoisotopic (exact) mass is 392 g/mol. The van der Waals surface area contributed by atoms with Gasteiger partial charge in [0.15, 0.2) is 5.65 Å². The zero-order chi connectivity index (χ0) is 17.3. The van der Waals surface area contributed by atoms with Crippen molar-refractivity contribution in [2.24, 2.45) is 15.9 Å². The molecule has 0 saturated heterocycles. The van der Waals surface area contributed by atoms with Gasteiger partial charge < -0.3 is 13.9 Å². The maximum atomic E-state index is 5.52. The molecule has 6 nitrogen and oxygen atoms in total. The average molecular weight is 393 g/mol. The van der Waals surface area contributed by atoms with Crippen LogP contribution < -0.4 is 0 Å². The van der Waals surface area contributed by atoms with E-state index in [1.165, 1.54) is 0 Å². The highest BCUT2D eigenvalue weighted by Gasteiger charge is 2.31. The van der Waals surface area contributed by atoms with Gasteiger partial charge >= 0.3 is 0 Å². The molecule has 128 valence electrons. The number of nitrogens with zero attached hydrogens (tertiary/aromatic N) is 4. The van der Waals surface area contributed by atoms with Crippen LogP contribution in [-0.2, 0) is 15.9 Å². The average Bonchev–Trinajstić information content (AvgIpc) is 3.07. The Morgan fingerprint density at radius 3 is 2.58 bits per heavy atom. The maximum absolute atomic E-state index is 5.52. The van der Waals surface area contributed by atoms with E-state index in [1.807, 2.05) is 16.7 Å². The number of hydrogen-bond donors (Lipinski definition) is 0. The Balaban J connectivity index is 1.96. The number of methoxy groups -OCH3 is 2. The molecule has 0 aliphatic carbocycles. The van der Waals surface area contributed by atoms with E-state index in [4.69, 9.17) is 19.5 Å². The van der Waals surface area contributed by atoms with Crippen molar-refractivity contribution >= 4 is 33.4 Å². The van der Waals surface area contributed by atoms with Gasteiger partial charge in [0.2, 0.25) is 11.8 Å². The van der Waals surface area contributed by atoms with Gasteiger partial charge in [0.1, 0.15) is 12.1 Å². The van der Waals surface area contributed by atoms with E-state index in [9.17, 15) is 0 Å². The van der Waals surface area contributed by atoms with Crippen molar-refractivity contribution in [2.75, 3.05) is 14.2 Å². The van der Waals surface area contributed by atoms with Crippen molar-refractivity contribution < 1.29 is 9.47 Å². The molecular formula is C17H21BrN4O2. The zero-order valence-electron chi connectivity index (χ0n) is 14.2. The Morgan fingerprint density at radius 2 is 1.92 bits per heavy atom. The number of rotatable bonds is 3. The Hall–Kier alpha value is -1.89. The van der Waals surface area contributed by atoms with Crippen LogP contribution in [0.4, 0.5) is 0 Å². The van der Waals surface area contributed by atoms with E-state index >= 15 is 0 Å². The van der Waals surface area contributed by atoms with Crippen molar-refractivity contribution in [3.8, 4) is 0 Å². The summed E-state index contributed by atoms with van der Waals surface area (Å²) < 4.78 is 14.0. The zero-order valence-corrected chi connectivity index (χ0v) is 15.8. The van der Waals surface area contributed by atoms with Crippen LogP contribution in [0.1, 0.15) is 19.5 Å². The van der Waals surface area contributed by atoms with Gasteiger partial charge in [-0.3, -0.25) is 0 Å². The van der Waals surface area contributed by atoms with Gasteiger partial charge in [0, 0.05) is 24.5 Å². The van der Waals surface area contributed by atoms with Crippen molar-refractivity contribution in [2.45, 2.75) is 32.4 Å². The summed E-state index contributed by atoms with van der Waals surface area (Å²) in [5.41, 5.74) is 1.97. The molecule has 0 bridgehead atoms. The quantitative estimate of drug-likeness (QED) is 0.805. The topological polar surface area (TPSA) is 60.5 Å². The summed E-state index contributed by atoms with van der Waals surface area (Å²) in [7, 11) is 3.29. The molecule has 1 aliphatic heterocycles. The number of imidazole rings is 1. The lowest BCUT2D eigenvalue weighted by molar-refractivity contribution is 0.332. The van der Waals surface area contributed by atoms with Gasteiger partial charge in [-0.2, -0.15) is 0 Å². The highest BCUT2D eigenvalue weighted by atomic mass is 79.9. The van der Waals surface area contributed by atoms with E-state index < -0.39 is 0 Å². The molecule has 7 heteroatoms. The third-order valence-electron chi connectivity index (χ3n) is 4.13. The first-order chi connectivity index (χ1) is 11.5. The van der Waals surface area contributed by atoms with Gasteiger partial charge in [-0.05, 0) is 34.0 Å². The van der Waals surface area contributed by atoms with Crippen molar-refractivity contribution in [1.29, 1.82) is 0 Å². The fourth-order valence-electron chi connectivity index (χ4n) is 2.89. The molecule has 0 saturated carbocycles. The summed E-state index contributed by atoms with van der Waals surface area (Å²) in [6.07, 6.45) is 4.39. The van der Waals surface area contributed by atoms with Crippen LogP contribution in [-0.4, -0.2) is 47.5 Å². The molecular weight excluding hydrogens is 372 g/mol. The summed E-state index contributed by atoms with van der Waals surface area (Å²) in [6.45, 7) is 4.19. The van der Waals surface area contributed by atoms with E-state index in [0.29, 0.717) is 24.1 Å². The molecule has 2 aromatic heterocycles. The van der Waals surface area contributed by atoms with Crippen molar-refractivity contribution in [3.05, 3.63) is 34.7 Å². The van der Waals surface area contributed by atoms with Crippen LogP contribution in [0.25, 0.3) is 5.65 Å². The number of pyridine rings is 1. The number of ether oxygens (including phenoxy) is 2. The Bertz CT molecular complexity index is 797. The molecule has 0 spiro atoms. The first-order valence-electron chi connectivity index (χ1n) is 7.89. The minimum atomic E-state index is -0.202. The fraction of sp³-hybridized carbons (Fsp3) is 0.471. The van der Waals surface area contributed by atoms with Crippen LogP contribution in [0.3, 0.4) is 0 Å². The number of halogens is 1. The molecule has 1 aliphatic rings. The number of fused-ring (bicyclic) bond motifs is 1. The van der Waals surface area contributed by atoms with Gasteiger partial charge in [-0.15, -0.1) is 0 Å². The number of hydrogen-bond acceptors (Lipinski definition) is 5. The minimum absolute atomic E-state index is 0.0978. The standard InChI is InChI=1S/C17H21BrN4O2/c1-10(2)14-17(24-4)20-13(16(21-14)23-3)9-11-5-6-12(18)15-19-7-8-22(11)15/h5-8,10,13-14H,9H2,1-4H3/t13-,14+/m0/s1. The van der Waals surface area contributed by atoms with Gasteiger partial charge in [0.05, 0.1) is 18.7 Å². The Kier molecular flexibility index (Phi) is 4.89. The number of aromatic nitrogens is 2.